The van der Waals surface area contributed by atoms with Gasteiger partial charge in [-0.3, -0.25) is 0 Å². The molecule has 0 saturated carbocycles. The lowest BCUT2D eigenvalue weighted by Crippen LogP contribution is -2.38. The first-order valence-electron chi connectivity index (χ1n) is 8.48. The molecule has 0 N–H and O–H groups in total. The van der Waals surface area contributed by atoms with Crippen molar-refractivity contribution in [2.75, 3.05) is 13.2 Å². The first-order chi connectivity index (χ1) is 11.3. The molecule has 0 atom stereocenters. The molecule has 0 radical (unpaired) electrons. The summed E-state index contributed by atoms with van der Waals surface area (Å²) < 4.78 is 12.0. The van der Waals surface area contributed by atoms with E-state index in [-0.39, 0.29) is 7.12 Å². The van der Waals surface area contributed by atoms with Crippen LogP contribution in [0.15, 0.2) is 54.6 Å². The highest BCUT2D eigenvalue weighted by Crippen LogP contribution is 2.24. The van der Waals surface area contributed by atoms with Crippen molar-refractivity contribution in [3.05, 3.63) is 54.6 Å². The molecule has 0 fully saturated rings. The summed E-state index contributed by atoms with van der Waals surface area (Å²) >= 11 is 0. The van der Waals surface area contributed by atoms with E-state index in [1.54, 1.807) is 0 Å². The lowest BCUT2D eigenvalue weighted by Gasteiger charge is -2.17. The summed E-state index contributed by atoms with van der Waals surface area (Å²) in [7, 11) is -0.301. The fourth-order valence-electron chi connectivity index (χ4n) is 2.96. The van der Waals surface area contributed by atoms with Crippen molar-refractivity contribution >= 4 is 34.1 Å². The summed E-state index contributed by atoms with van der Waals surface area (Å²) in [5, 5.41) is 4.97. The van der Waals surface area contributed by atoms with E-state index >= 15 is 0 Å². The molecule has 23 heavy (non-hydrogen) atoms. The Hall–Kier alpha value is -1.84. The second-order valence-electron chi connectivity index (χ2n) is 5.81. The Morgan fingerprint density at radius 3 is 1.96 bits per heavy atom. The van der Waals surface area contributed by atoms with Gasteiger partial charge in [-0.15, -0.1) is 0 Å². The summed E-state index contributed by atoms with van der Waals surface area (Å²) in [6, 6.07) is 19.2. The fourth-order valence-corrected chi connectivity index (χ4v) is 2.96. The number of hydrogen-bond acceptors (Lipinski definition) is 2. The Kier molecular flexibility index (Phi) is 5.32. The minimum absolute atomic E-state index is 0.301. The van der Waals surface area contributed by atoms with Crippen LogP contribution in [0.25, 0.3) is 21.5 Å². The largest absolute Gasteiger partial charge is 0.494 e. The van der Waals surface area contributed by atoms with Gasteiger partial charge >= 0.3 is 7.12 Å². The Labute approximate surface area is 138 Å². The summed E-state index contributed by atoms with van der Waals surface area (Å²) in [4.78, 5) is 0. The van der Waals surface area contributed by atoms with Crippen molar-refractivity contribution in [2.45, 2.75) is 26.7 Å². The molecule has 0 heterocycles. The van der Waals surface area contributed by atoms with E-state index < -0.39 is 0 Å². The maximum Gasteiger partial charge on any atom is 0.494 e. The summed E-state index contributed by atoms with van der Waals surface area (Å²) in [6.07, 6.45) is 1.97. The highest BCUT2D eigenvalue weighted by molar-refractivity contribution is 6.65. The Morgan fingerprint density at radius 2 is 1.30 bits per heavy atom. The molecule has 3 rings (SSSR count). The quantitative estimate of drug-likeness (QED) is 0.471. The minimum Gasteiger partial charge on any atom is -0.407 e. The van der Waals surface area contributed by atoms with Crippen LogP contribution in [0.1, 0.15) is 26.7 Å². The van der Waals surface area contributed by atoms with E-state index in [1.807, 2.05) is 0 Å². The van der Waals surface area contributed by atoms with E-state index in [2.05, 4.69) is 68.4 Å². The van der Waals surface area contributed by atoms with Crippen LogP contribution in [0.4, 0.5) is 0 Å². The average Bonchev–Trinajstić information content (AvgIpc) is 2.61. The number of hydrogen-bond donors (Lipinski definition) is 0. The van der Waals surface area contributed by atoms with E-state index in [0.717, 1.165) is 18.3 Å². The van der Waals surface area contributed by atoms with Gasteiger partial charge < -0.3 is 9.31 Å². The van der Waals surface area contributed by atoms with Crippen LogP contribution in [0.5, 0.6) is 0 Å². The second kappa shape index (κ2) is 7.63. The standard InChI is InChI=1S/C20H23BO2/c1-3-13-22-21(23-14-4-2)20-15-16-9-5-6-10-17(16)18-11-7-8-12-19(18)20/h5-12,15H,3-4,13-14H2,1-2H3. The highest BCUT2D eigenvalue weighted by Gasteiger charge is 2.24. The predicted octanol–water partition coefficient (Wildman–Crippen LogP) is 4.54. The van der Waals surface area contributed by atoms with Gasteiger partial charge in [0.1, 0.15) is 0 Å². The SMILES string of the molecule is CCCOB(OCCC)c1cc2ccccc2c2ccccc12. The zero-order valence-corrected chi connectivity index (χ0v) is 13.9. The Bertz CT molecular complexity index is 777. The third-order valence-electron chi connectivity index (χ3n) is 4.00. The molecule has 0 aliphatic carbocycles. The van der Waals surface area contributed by atoms with Crippen LogP contribution in [0.2, 0.25) is 0 Å². The zero-order chi connectivity index (χ0) is 16.1. The predicted molar refractivity (Wildman–Crippen MR) is 99.3 cm³/mol. The van der Waals surface area contributed by atoms with E-state index in [0.29, 0.717) is 13.2 Å². The molecule has 0 spiro atoms. The van der Waals surface area contributed by atoms with Gasteiger partial charge in [0.05, 0.1) is 0 Å². The first-order valence-corrected chi connectivity index (χ1v) is 8.48. The lowest BCUT2D eigenvalue weighted by molar-refractivity contribution is 0.208. The third-order valence-corrected chi connectivity index (χ3v) is 4.00. The molecule has 3 aromatic carbocycles. The van der Waals surface area contributed by atoms with Crippen molar-refractivity contribution in [3.63, 3.8) is 0 Å². The van der Waals surface area contributed by atoms with Crippen LogP contribution in [-0.2, 0) is 9.31 Å². The summed E-state index contributed by atoms with van der Waals surface area (Å²) in [6.45, 7) is 5.65. The van der Waals surface area contributed by atoms with Gasteiger partial charge in [-0.1, -0.05) is 68.4 Å². The molecule has 0 saturated heterocycles. The zero-order valence-electron chi connectivity index (χ0n) is 13.9. The molecule has 118 valence electrons. The molecular formula is C20H23BO2. The van der Waals surface area contributed by atoms with Crippen LogP contribution in [0.3, 0.4) is 0 Å². The number of fused-ring (bicyclic) bond motifs is 3. The molecule has 0 aliphatic rings. The summed E-state index contributed by atoms with van der Waals surface area (Å²) in [5.41, 5.74) is 1.13. The van der Waals surface area contributed by atoms with Crippen LogP contribution >= 0.6 is 0 Å². The Morgan fingerprint density at radius 1 is 0.739 bits per heavy atom. The van der Waals surface area contributed by atoms with Crippen molar-refractivity contribution < 1.29 is 9.31 Å². The molecular weight excluding hydrogens is 283 g/mol. The first kappa shape index (κ1) is 16.0. The third kappa shape index (κ3) is 3.41. The molecule has 3 heteroatoms. The van der Waals surface area contributed by atoms with Crippen molar-refractivity contribution in [2.24, 2.45) is 0 Å². The van der Waals surface area contributed by atoms with Crippen molar-refractivity contribution in [3.8, 4) is 0 Å². The van der Waals surface area contributed by atoms with Crippen LogP contribution in [-0.4, -0.2) is 20.3 Å². The molecule has 0 aliphatic heterocycles. The maximum absolute atomic E-state index is 6.01. The molecule has 0 amide bonds. The molecule has 0 unspecified atom stereocenters. The smallest absolute Gasteiger partial charge is 0.407 e. The fraction of sp³-hybridized carbons (Fsp3) is 0.300. The highest BCUT2D eigenvalue weighted by atomic mass is 16.6. The summed E-state index contributed by atoms with van der Waals surface area (Å²) in [5.74, 6) is 0. The number of benzene rings is 3. The van der Waals surface area contributed by atoms with Crippen LogP contribution < -0.4 is 5.46 Å². The maximum atomic E-state index is 6.01. The average molecular weight is 306 g/mol. The lowest BCUT2D eigenvalue weighted by atomic mass is 9.74. The molecule has 3 aromatic rings. The van der Waals surface area contributed by atoms with Gasteiger partial charge in [-0.25, -0.2) is 0 Å². The van der Waals surface area contributed by atoms with Crippen molar-refractivity contribution in [1.82, 2.24) is 0 Å². The van der Waals surface area contributed by atoms with Gasteiger partial charge in [0.2, 0.25) is 0 Å². The number of rotatable bonds is 7. The Balaban J connectivity index is 2.15. The molecule has 2 nitrogen and oxygen atoms in total. The van der Waals surface area contributed by atoms with Gasteiger partial charge in [0.25, 0.3) is 0 Å². The minimum atomic E-state index is -0.301. The topological polar surface area (TPSA) is 18.5 Å². The molecule has 0 bridgehead atoms. The normalized spacial score (nSPS) is 11.2. The molecule has 0 aromatic heterocycles. The van der Waals surface area contributed by atoms with Gasteiger partial charge in [0, 0.05) is 13.2 Å². The van der Waals surface area contributed by atoms with E-state index in [4.69, 9.17) is 9.31 Å². The monoisotopic (exact) mass is 306 g/mol. The second-order valence-corrected chi connectivity index (χ2v) is 5.81. The van der Waals surface area contributed by atoms with Crippen LogP contribution in [0, 0.1) is 0 Å². The van der Waals surface area contributed by atoms with E-state index in [1.165, 1.54) is 21.5 Å². The van der Waals surface area contributed by atoms with Gasteiger partial charge in [-0.2, -0.15) is 0 Å². The van der Waals surface area contributed by atoms with Gasteiger partial charge in [0.15, 0.2) is 0 Å². The van der Waals surface area contributed by atoms with Gasteiger partial charge in [-0.05, 0) is 39.8 Å². The van der Waals surface area contributed by atoms with E-state index in [9.17, 15) is 0 Å². The van der Waals surface area contributed by atoms with Crippen molar-refractivity contribution in [1.29, 1.82) is 0 Å².